The quantitative estimate of drug-likeness (QED) is 0.762. The van der Waals surface area contributed by atoms with Crippen LogP contribution in [0.1, 0.15) is 66.9 Å². The maximum Gasteiger partial charge on any atom is 0.274 e. The first-order chi connectivity index (χ1) is 14.3. The van der Waals surface area contributed by atoms with Crippen molar-refractivity contribution in [2.45, 2.75) is 59.0 Å². The van der Waals surface area contributed by atoms with Crippen molar-refractivity contribution in [2.24, 2.45) is 13.0 Å². The molecule has 2 aromatic rings. The predicted octanol–water partition coefficient (Wildman–Crippen LogP) is 1.73. The van der Waals surface area contributed by atoms with Crippen LogP contribution in [0.15, 0.2) is 6.07 Å². The number of piperidine rings is 1. The van der Waals surface area contributed by atoms with Crippen molar-refractivity contribution in [1.29, 1.82) is 0 Å². The Hall–Kier alpha value is -2.71. The van der Waals surface area contributed by atoms with E-state index in [2.05, 4.69) is 33.7 Å². The summed E-state index contributed by atoms with van der Waals surface area (Å²) in [5.41, 5.74) is 1.43. The van der Waals surface area contributed by atoms with E-state index >= 15 is 0 Å². The van der Waals surface area contributed by atoms with Crippen LogP contribution in [-0.4, -0.2) is 65.8 Å². The highest BCUT2D eigenvalue weighted by Crippen LogP contribution is 2.29. The lowest BCUT2D eigenvalue weighted by Crippen LogP contribution is -2.40. The third-order valence-corrected chi connectivity index (χ3v) is 6.20. The summed E-state index contributed by atoms with van der Waals surface area (Å²) < 4.78 is 3.89. The summed E-state index contributed by atoms with van der Waals surface area (Å²) in [6.07, 6.45) is 2.44. The molecular weight excluding hydrogens is 382 g/mol. The van der Waals surface area contributed by atoms with E-state index in [1.807, 2.05) is 24.9 Å². The Balaban J connectivity index is 1.39. The number of aromatic nitrogens is 5. The average molecular weight is 414 g/mol. The number of aryl methyl sites for hydroxylation is 2. The van der Waals surface area contributed by atoms with Crippen molar-refractivity contribution < 1.29 is 9.59 Å². The van der Waals surface area contributed by atoms with Gasteiger partial charge in [0.2, 0.25) is 5.91 Å². The van der Waals surface area contributed by atoms with E-state index in [0.717, 1.165) is 43.3 Å². The molecular formula is C21H31N7O2. The van der Waals surface area contributed by atoms with Gasteiger partial charge in [-0.05, 0) is 31.7 Å². The molecule has 9 heteroatoms. The number of hydrogen-bond donors (Lipinski definition) is 0. The summed E-state index contributed by atoms with van der Waals surface area (Å²) in [5.74, 6) is 2.73. The highest BCUT2D eigenvalue weighted by molar-refractivity contribution is 5.92. The largest absolute Gasteiger partial charge is 0.343 e. The minimum atomic E-state index is -0.0635. The number of rotatable bonds is 4. The van der Waals surface area contributed by atoms with Crippen molar-refractivity contribution in [2.75, 3.05) is 19.6 Å². The molecule has 0 radical (unpaired) electrons. The van der Waals surface area contributed by atoms with Crippen LogP contribution in [0.25, 0.3) is 0 Å². The van der Waals surface area contributed by atoms with Crippen molar-refractivity contribution in [1.82, 2.24) is 34.3 Å². The Morgan fingerprint density at radius 3 is 2.47 bits per heavy atom. The minimum Gasteiger partial charge on any atom is -0.343 e. The zero-order chi connectivity index (χ0) is 21.4. The van der Waals surface area contributed by atoms with Crippen LogP contribution in [0.3, 0.4) is 0 Å². The topological polar surface area (TPSA) is 89.2 Å². The van der Waals surface area contributed by atoms with Crippen molar-refractivity contribution in [3.05, 3.63) is 29.1 Å². The molecule has 2 amide bonds. The van der Waals surface area contributed by atoms with E-state index in [1.54, 1.807) is 9.58 Å². The summed E-state index contributed by atoms with van der Waals surface area (Å²) >= 11 is 0. The third kappa shape index (κ3) is 3.97. The fourth-order valence-electron chi connectivity index (χ4n) is 4.35. The van der Waals surface area contributed by atoms with Crippen molar-refractivity contribution >= 4 is 11.8 Å². The molecule has 4 rings (SSSR count). The van der Waals surface area contributed by atoms with Gasteiger partial charge in [-0.2, -0.15) is 5.10 Å². The summed E-state index contributed by atoms with van der Waals surface area (Å²) in [6, 6.07) is 1.82. The summed E-state index contributed by atoms with van der Waals surface area (Å²) in [6.45, 7) is 9.42. The molecule has 0 spiro atoms. The molecule has 1 fully saturated rings. The lowest BCUT2D eigenvalue weighted by molar-refractivity contribution is -0.133. The van der Waals surface area contributed by atoms with Crippen LogP contribution >= 0.6 is 0 Å². The lowest BCUT2D eigenvalue weighted by atomic mass is 9.95. The molecule has 2 aromatic heterocycles. The van der Waals surface area contributed by atoms with Gasteiger partial charge in [0.15, 0.2) is 11.5 Å². The van der Waals surface area contributed by atoms with Crippen LogP contribution in [0, 0.1) is 12.8 Å². The highest BCUT2D eigenvalue weighted by Gasteiger charge is 2.31. The smallest absolute Gasteiger partial charge is 0.274 e. The molecule has 0 N–H and O–H groups in total. The second-order valence-electron chi connectivity index (χ2n) is 8.90. The van der Waals surface area contributed by atoms with Crippen LogP contribution in [0.4, 0.5) is 0 Å². The third-order valence-electron chi connectivity index (χ3n) is 6.20. The lowest BCUT2D eigenvalue weighted by Gasteiger charge is -2.33. The SMILES string of the molecule is Cc1cc(C(=O)N2CCn3c(nnc3C3CCN(C(=O)CC(C)C)CC3)C2)nn1C. The molecule has 162 valence electrons. The number of carbonyl (C=O) groups is 2. The van der Waals surface area contributed by atoms with Gasteiger partial charge in [0.25, 0.3) is 5.91 Å². The first-order valence-electron chi connectivity index (χ1n) is 10.8. The summed E-state index contributed by atoms with van der Waals surface area (Å²) in [5, 5.41) is 13.2. The number of likely N-dealkylation sites (tertiary alicyclic amines) is 1. The standard InChI is InChI=1S/C21H31N7O2/c1-14(2)11-19(29)26-7-5-16(6-8-26)20-23-22-18-13-27(9-10-28(18)20)21(30)17-12-15(3)25(4)24-17/h12,14,16H,5-11,13H2,1-4H3. The molecule has 0 atom stereocenters. The highest BCUT2D eigenvalue weighted by atomic mass is 16.2. The molecule has 4 heterocycles. The minimum absolute atomic E-state index is 0.0635. The van der Waals surface area contributed by atoms with Gasteiger partial charge in [-0.3, -0.25) is 14.3 Å². The predicted molar refractivity (Wildman–Crippen MR) is 111 cm³/mol. The number of amides is 2. The van der Waals surface area contributed by atoms with Crippen molar-refractivity contribution in [3.63, 3.8) is 0 Å². The Morgan fingerprint density at radius 2 is 1.83 bits per heavy atom. The van der Waals surface area contributed by atoms with Gasteiger partial charge in [0.05, 0.1) is 6.54 Å². The first-order valence-corrected chi connectivity index (χ1v) is 10.8. The van der Waals surface area contributed by atoms with Crippen LogP contribution in [0.2, 0.25) is 0 Å². The van der Waals surface area contributed by atoms with Gasteiger partial charge in [-0.1, -0.05) is 13.8 Å². The van der Waals surface area contributed by atoms with E-state index in [-0.39, 0.29) is 11.8 Å². The van der Waals surface area contributed by atoms with Crippen molar-refractivity contribution in [3.8, 4) is 0 Å². The Kier molecular flexibility index (Phi) is 5.62. The van der Waals surface area contributed by atoms with Crippen LogP contribution in [0.5, 0.6) is 0 Å². The summed E-state index contributed by atoms with van der Waals surface area (Å²) in [7, 11) is 1.84. The fourth-order valence-corrected chi connectivity index (χ4v) is 4.35. The molecule has 0 aromatic carbocycles. The Labute approximate surface area is 177 Å². The second kappa shape index (κ2) is 8.20. The molecule has 0 saturated carbocycles. The molecule has 2 aliphatic heterocycles. The second-order valence-corrected chi connectivity index (χ2v) is 8.90. The van der Waals surface area contributed by atoms with Gasteiger partial charge in [0, 0.05) is 51.3 Å². The first kappa shape index (κ1) is 20.6. The maximum absolute atomic E-state index is 12.8. The summed E-state index contributed by atoms with van der Waals surface area (Å²) in [4.78, 5) is 28.9. The zero-order valence-corrected chi connectivity index (χ0v) is 18.3. The van der Waals surface area contributed by atoms with E-state index in [1.165, 1.54) is 0 Å². The van der Waals surface area contributed by atoms with Gasteiger partial charge < -0.3 is 14.4 Å². The van der Waals surface area contributed by atoms with Gasteiger partial charge >= 0.3 is 0 Å². The number of fused-ring (bicyclic) bond motifs is 1. The average Bonchev–Trinajstić information content (AvgIpc) is 3.29. The molecule has 1 saturated heterocycles. The van der Waals surface area contributed by atoms with Crippen LogP contribution in [-0.2, 0) is 24.9 Å². The fraction of sp³-hybridized carbons (Fsp3) is 0.667. The van der Waals surface area contributed by atoms with E-state index in [9.17, 15) is 9.59 Å². The van der Waals surface area contributed by atoms with E-state index in [0.29, 0.717) is 43.6 Å². The van der Waals surface area contributed by atoms with Gasteiger partial charge in [0.1, 0.15) is 5.82 Å². The van der Waals surface area contributed by atoms with E-state index in [4.69, 9.17) is 0 Å². The normalized spacial score (nSPS) is 17.5. The number of hydrogen-bond acceptors (Lipinski definition) is 5. The molecule has 0 bridgehead atoms. The molecule has 0 aliphatic carbocycles. The molecule has 30 heavy (non-hydrogen) atoms. The maximum atomic E-state index is 12.8. The van der Waals surface area contributed by atoms with Gasteiger partial charge in [-0.25, -0.2) is 0 Å². The number of carbonyl (C=O) groups excluding carboxylic acids is 2. The molecule has 2 aliphatic rings. The monoisotopic (exact) mass is 413 g/mol. The van der Waals surface area contributed by atoms with Gasteiger partial charge in [-0.15, -0.1) is 10.2 Å². The Morgan fingerprint density at radius 1 is 1.10 bits per heavy atom. The zero-order valence-electron chi connectivity index (χ0n) is 18.3. The Bertz CT molecular complexity index is 918. The molecule has 9 nitrogen and oxygen atoms in total. The molecule has 0 unspecified atom stereocenters. The number of nitrogens with zero attached hydrogens (tertiary/aromatic N) is 7. The van der Waals surface area contributed by atoms with Crippen LogP contribution < -0.4 is 0 Å². The van der Waals surface area contributed by atoms with E-state index < -0.39 is 0 Å².